The van der Waals surface area contributed by atoms with Crippen molar-refractivity contribution in [3.8, 4) is 11.1 Å². The quantitative estimate of drug-likeness (QED) is 0.318. The highest BCUT2D eigenvalue weighted by atomic mass is 19.1. The maximum Gasteiger partial charge on any atom is 0.156 e. The van der Waals surface area contributed by atoms with Gasteiger partial charge in [0.25, 0.3) is 0 Å². The lowest BCUT2D eigenvalue weighted by Crippen LogP contribution is -2.34. The van der Waals surface area contributed by atoms with Gasteiger partial charge in [-0.1, -0.05) is 18.2 Å². The molecule has 5 aromatic rings. The van der Waals surface area contributed by atoms with Crippen LogP contribution in [0.5, 0.6) is 0 Å². The molecule has 12 heteroatoms. The zero-order chi connectivity index (χ0) is 28.8. The Bertz CT molecular complexity index is 1760. The van der Waals surface area contributed by atoms with Crippen LogP contribution in [0, 0.1) is 5.82 Å². The van der Waals surface area contributed by atoms with E-state index < -0.39 is 11.6 Å². The van der Waals surface area contributed by atoms with Crippen molar-refractivity contribution in [3.63, 3.8) is 0 Å². The fraction of sp³-hybridized carbons (Fsp3) is 0.300. The van der Waals surface area contributed by atoms with Crippen LogP contribution in [0.3, 0.4) is 0 Å². The van der Waals surface area contributed by atoms with Crippen LogP contribution in [0.15, 0.2) is 73.7 Å². The van der Waals surface area contributed by atoms with Crippen LogP contribution in [0.2, 0.25) is 0 Å². The van der Waals surface area contributed by atoms with Crippen molar-refractivity contribution >= 4 is 16.9 Å². The van der Waals surface area contributed by atoms with E-state index in [1.807, 2.05) is 23.8 Å². The third kappa shape index (κ3) is 4.73. The first-order valence-corrected chi connectivity index (χ1v) is 13.8. The summed E-state index contributed by atoms with van der Waals surface area (Å²) < 4.78 is 22.4. The molecule has 0 bridgehead atoms. The van der Waals surface area contributed by atoms with Gasteiger partial charge in [-0.25, -0.2) is 23.9 Å². The predicted octanol–water partition coefficient (Wildman–Crippen LogP) is 2.97. The first kappa shape index (κ1) is 26.4. The van der Waals surface area contributed by atoms with Gasteiger partial charge in [-0.3, -0.25) is 4.68 Å². The van der Waals surface area contributed by atoms with Gasteiger partial charge in [-0.15, -0.1) is 0 Å². The van der Waals surface area contributed by atoms with Gasteiger partial charge in [0.05, 0.1) is 24.9 Å². The molecule has 3 atom stereocenters. The van der Waals surface area contributed by atoms with Crippen LogP contribution >= 0.6 is 0 Å². The average Bonchev–Trinajstić information content (AvgIpc) is 3.77. The van der Waals surface area contributed by atoms with Gasteiger partial charge in [-0.05, 0) is 42.7 Å². The molecule has 1 unspecified atom stereocenters. The Morgan fingerprint density at radius 2 is 1.81 bits per heavy atom. The van der Waals surface area contributed by atoms with Crippen molar-refractivity contribution in [1.29, 1.82) is 0 Å². The zero-order valence-corrected chi connectivity index (χ0v) is 23.0. The smallest absolute Gasteiger partial charge is 0.156 e. The molecule has 4 aromatic heterocycles. The highest BCUT2D eigenvalue weighted by Crippen LogP contribution is 2.31. The highest BCUT2D eigenvalue weighted by Gasteiger charge is 2.29. The lowest BCUT2D eigenvalue weighted by molar-refractivity contribution is 0.118. The van der Waals surface area contributed by atoms with E-state index in [0.29, 0.717) is 25.6 Å². The molecule has 2 aliphatic rings. The number of aliphatic hydroxyl groups excluding tert-OH is 1. The fourth-order valence-electron chi connectivity index (χ4n) is 5.56. The minimum Gasteiger partial charge on any atom is -0.388 e. The van der Waals surface area contributed by atoms with Crippen LogP contribution < -0.4 is 10.6 Å². The summed E-state index contributed by atoms with van der Waals surface area (Å²) in [4.78, 5) is 16.1. The van der Waals surface area contributed by atoms with Crippen LogP contribution in [0.4, 0.5) is 10.2 Å². The number of ether oxygens (including phenoxy) is 1. The van der Waals surface area contributed by atoms with Gasteiger partial charge in [0, 0.05) is 54.6 Å². The van der Waals surface area contributed by atoms with E-state index in [4.69, 9.17) is 10.5 Å². The van der Waals surface area contributed by atoms with Crippen LogP contribution in [0.1, 0.15) is 36.3 Å². The maximum absolute atomic E-state index is 13.4. The Morgan fingerprint density at radius 3 is 2.52 bits per heavy atom. The average molecular weight is 568 g/mol. The van der Waals surface area contributed by atoms with Gasteiger partial charge in [-0.2, -0.15) is 10.2 Å². The van der Waals surface area contributed by atoms with Crippen LogP contribution in [0.25, 0.3) is 22.2 Å². The highest BCUT2D eigenvalue weighted by molar-refractivity contribution is 5.78. The van der Waals surface area contributed by atoms with E-state index in [0.717, 1.165) is 52.1 Å². The predicted molar refractivity (Wildman–Crippen MR) is 154 cm³/mol. The van der Waals surface area contributed by atoms with Crippen molar-refractivity contribution in [2.45, 2.75) is 31.0 Å². The topological polar surface area (TPSA) is 133 Å². The zero-order valence-electron chi connectivity index (χ0n) is 23.0. The molecule has 1 saturated heterocycles. The van der Waals surface area contributed by atoms with E-state index in [2.05, 4.69) is 42.2 Å². The summed E-state index contributed by atoms with van der Waals surface area (Å²) in [5, 5.41) is 19.0. The summed E-state index contributed by atoms with van der Waals surface area (Å²) in [6, 6.07) is 8.05. The number of halogens is 1. The second kappa shape index (κ2) is 10.4. The number of aromatic nitrogens is 7. The Balaban J connectivity index is 1.08. The minimum atomic E-state index is -0.844. The third-order valence-corrected chi connectivity index (χ3v) is 8.17. The Hall–Kier alpha value is -4.52. The normalized spacial score (nSPS) is 20.6. The number of nitrogens with two attached hydrogens (primary N) is 1. The van der Waals surface area contributed by atoms with Gasteiger partial charge in [0.15, 0.2) is 11.6 Å². The monoisotopic (exact) mass is 567 g/mol. The Kier molecular flexibility index (Phi) is 6.53. The fourth-order valence-corrected chi connectivity index (χ4v) is 5.56. The molecule has 42 heavy (non-hydrogen) atoms. The summed E-state index contributed by atoms with van der Waals surface area (Å²) in [5.41, 5.74) is 11.1. The number of hydrogen-bond donors (Lipinski definition) is 2. The molecule has 1 fully saturated rings. The molecule has 0 amide bonds. The molecule has 6 heterocycles. The standard InChI is InChI=1S/C30H30FN9O2/c1-30(32,22-2-4-24(31)5-3-22)23-12-33-28(34-13-23)19-6-8-38(9-7-19)29-25-10-20(14-39(25)37-18-35-29)21-11-36-40(15-21)26-16-42-17-27(26)41/h2-6,10-15,18,26-27,41H,7-9,16-17,32H2,1H3/t26-,27?,30+/m1/s1. The van der Waals surface area contributed by atoms with Crippen molar-refractivity contribution in [2.75, 3.05) is 31.2 Å². The summed E-state index contributed by atoms with van der Waals surface area (Å²) in [6.07, 6.45) is 13.1. The molecule has 0 aliphatic carbocycles. The van der Waals surface area contributed by atoms with Crippen molar-refractivity contribution in [2.24, 2.45) is 5.73 Å². The van der Waals surface area contributed by atoms with Crippen molar-refractivity contribution in [3.05, 3.63) is 96.5 Å². The maximum atomic E-state index is 13.4. The Morgan fingerprint density at radius 1 is 1.00 bits per heavy atom. The second-order valence-corrected chi connectivity index (χ2v) is 11.0. The largest absolute Gasteiger partial charge is 0.388 e. The van der Waals surface area contributed by atoms with Crippen molar-refractivity contribution < 1.29 is 14.2 Å². The molecule has 0 spiro atoms. The third-order valence-electron chi connectivity index (χ3n) is 8.17. The molecule has 214 valence electrons. The summed E-state index contributed by atoms with van der Waals surface area (Å²) in [5.74, 6) is 1.21. The molecule has 2 aliphatic heterocycles. The van der Waals surface area contributed by atoms with E-state index in [1.165, 1.54) is 12.1 Å². The van der Waals surface area contributed by atoms with E-state index in [9.17, 15) is 9.50 Å². The molecular weight excluding hydrogens is 537 g/mol. The number of aliphatic hydroxyl groups is 1. The number of rotatable bonds is 6. The van der Waals surface area contributed by atoms with Crippen LogP contribution in [-0.2, 0) is 10.3 Å². The van der Waals surface area contributed by atoms with Gasteiger partial charge < -0.3 is 20.5 Å². The first-order valence-electron chi connectivity index (χ1n) is 13.8. The van der Waals surface area contributed by atoms with Crippen LogP contribution in [-0.4, -0.2) is 71.9 Å². The molecule has 1 aromatic carbocycles. The molecule has 3 N–H and O–H groups in total. The van der Waals surface area contributed by atoms with E-state index in [1.54, 1.807) is 41.7 Å². The second-order valence-electron chi connectivity index (χ2n) is 11.0. The first-order chi connectivity index (χ1) is 20.4. The summed E-state index contributed by atoms with van der Waals surface area (Å²) in [6.45, 7) is 4.02. The van der Waals surface area contributed by atoms with E-state index >= 15 is 0 Å². The summed E-state index contributed by atoms with van der Waals surface area (Å²) in [7, 11) is 0. The lowest BCUT2D eigenvalue weighted by atomic mass is 9.87. The molecule has 0 saturated carbocycles. The number of anilines is 1. The van der Waals surface area contributed by atoms with Crippen molar-refractivity contribution in [1.82, 2.24) is 34.3 Å². The number of nitrogens with zero attached hydrogens (tertiary/aromatic N) is 8. The Labute approximate surface area is 241 Å². The van der Waals surface area contributed by atoms with Gasteiger partial charge >= 0.3 is 0 Å². The van der Waals surface area contributed by atoms with Gasteiger partial charge in [0.1, 0.15) is 29.8 Å². The SMILES string of the molecule is C[C@](N)(c1ccc(F)cc1)c1cnc(C2=CCN(c3ncnn4cc(-c5cnn([C@@H]6COCC6O)c5)cc34)CC2)nc1. The number of benzene rings is 1. The molecule has 7 rings (SSSR count). The molecular formula is C30H30FN9O2. The van der Waals surface area contributed by atoms with E-state index in [-0.39, 0.29) is 11.9 Å². The number of hydrogen-bond acceptors (Lipinski definition) is 9. The number of fused-ring (bicyclic) bond motifs is 1. The molecule has 0 radical (unpaired) electrons. The summed E-state index contributed by atoms with van der Waals surface area (Å²) >= 11 is 0. The minimum absolute atomic E-state index is 0.185. The lowest BCUT2D eigenvalue weighted by Gasteiger charge is -2.28. The van der Waals surface area contributed by atoms with Gasteiger partial charge in [0.2, 0.25) is 0 Å². The molecule has 11 nitrogen and oxygen atoms in total.